The van der Waals surface area contributed by atoms with Crippen LogP contribution < -0.4 is 0 Å². The van der Waals surface area contributed by atoms with Crippen LogP contribution in [0.3, 0.4) is 0 Å². The van der Waals surface area contributed by atoms with Crippen molar-refractivity contribution in [3.63, 3.8) is 0 Å². The van der Waals surface area contributed by atoms with Crippen LogP contribution >= 0.6 is 11.3 Å². The molecule has 0 bridgehead atoms. The van der Waals surface area contributed by atoms with E-state index < -0.39 is 0 Å². The van der Waals surface area contributed by atoms with E-state index in [1.807, 2.05) is 54.7 Å². The fourth-order valence-corrected chi connectivity index (χ4v) is 7.43. The van der Waals surface area contributed by atoms with Crippen LogP contribution in [0.15, 0.2) is 108 Å². The first-order chi connectivity index (χ1) is 23.9. The largest absolute Gasteiger partial charge is 0.501 e. The summed E-state index contributed by atoms with van der Waals surface area (Å²) >= 11 is 1.76. The maximum Gasteiger partial charge on any atom is 0.123 e. The van der Waals surface area contributed by atoms with Gasteiger partial charge in [-0.15, -0.1) is 65.4 Å². The number of rotatable bonds is 3. The Balaban J connectivity index is 0.000000291. The van der Waals surface area contributed by atoms with Crippen molar-refractivity contribution in [2.75, 3.05) is 0 Å². The molecule has 4 aromatic heterocycles. The van der Waals surface area contributed by atoms with Crippen molar-refractivity contribution in [1.82, 2.24) is 15.0 Å². The van der Waals surface area contributed by atoms with E-state index in [2.05, 4.69) is 115 Å². The van der Waals surface area contributed by atoms with E-state index in [1.54, 1.807) is 17.5 Å². The number of hydrogen-bond donors (Lipinski definition) is 0. The molecule has 1 radical (unpaired) electrons. The summed E-state index contributed by atoms with van der Waals surface area (Å²) in [6.45, 7) is 17.7. The zero-order chi connectivity index (χ0) is 35.2. The molecule has 4 nitrogen and oxygen atoms in total. The van der Waals surface area contributed by atoms with Crippen LogP contribution in [-0.4, -0.2) is 15.0 Å². The maximum absolute atomic E-state index is 6.52. The summed E-state index contributed by atoms with van der Waals surface area (Å²) in [5.41, 5.74) is 12.7. The van der Waals surface area contributed by atoms with Crippen molar-refractivity contribution in [2.45, 2.75) is 66.2 Å². The second kappa shape index (κ2) is 14.3. The number of nitrogens with zero attached hydrogens (tertiary/aromatic N) is 3. The Morgan fingerprint density at radius 1 is 0.706 bits per heavy atom. The minimum absolute atomic E-state index is 0. The van der Waals surface area contributed by atoms with Crippen LogP contribution in [0.1, 0.15) is 63.2 Å². The normalized spacial score (nSPS) is 11.8. The Morgan fingerprint density at radius 3 is 2.14 bits per heavy atom. The van der Waals surface area contributed by atoms with E-state index in [1.165, 1.54) is 32.5 Å². The van der Waals surface area contributed by atoms with E-state index in [4.69, 9.17) is 14.4 Å². The van der Waals surface area contributed by atoms with E-state index in [9.17, 15) is 0 Å². The third-order valence-electron chi connectivity index (χ3n) is 8.95. The first-order valence-corrected chi connectivity index (χ1v) is 17.8. The van der Waals surface area contributed by atoms with Gasteiger partial charge in [0.1, 0.15) is 5.58 Å². The SMILES string of the molecule is Cc1cccc(C)c1-c1cc(-c2[c-]ccc3c2oc2cc4nc(C(C)(C)C)sc4cc23)ncc1C(C)(C)C.[Ir].[c-]1ccccc1-c1ccccn1. The Kier molecular flexibility index (Phi) is 10.2. The average molecular weight is 864 g/mol. The molecule has 0 N–H and O–H groups in total. The van der Waals surface area contributed by atoms with Gasteiger partial charge in [0.2, 0.25) is 0 Å². The van der Waals surface area contributed by atoms with Crippen LogP contribution in [0, 0.1) is 26.0 Å². The molecule has 0 atom stereocenters. The van der Waals surface area contributed by atoms with Crippen LogP contribution in [-0.2, 0) is 30.9 Å². The fourth-order valence-electron chi connectivity index (χ4n) is 6.38. The first kappa shape index (κ1) is 36.3. The number of benzene rings is 4. The van der Waals surface area contributed by atoms with Gasteiger partial charge in [-0.3, -0.25) is 0 Å². The van der Waals surface area contributed by atoms with Gasteiger partial charge in [-0.2, -0.15) is 0 Å². The molecule has 0 aliphatic carbocycles. The van der Waals surface area contributed by atoms with Gasteiger partial charge in [0, 0.05) is 49.4 Å². The number of aromatic nitrogens is 3. The van der Waals surface area contributed by atoms with Gasteiger partial charge in [-0.25, -0.2) is 4.98 Å². The third kappa shape index (κ3) is 7.32. The standard InChI is InChI=1S/C34H33N2OS.C11H8N.Ir/c1-19-11-9-12-20(2)30(19)24-15-26(35-18-25(24)33(3,4)5)22-14-10-13-21-23-16-29-27(17-28(23)37-31(21)22)36-32(38-29)34(6,7)8;1-2-6-10(7-3-1)11-8-4-5-9-12-11;/h9-13,15-18H,1-8H3;1-6,8-9H;/q2*-1;. The summed E-state index contributed by atoms with van der Waals surface area (Å²) in [6, 6.07) is 37.4. The maximum atomic E-state index is 6.52. The summed E-state index contributed by atoms with van der Waals surface area (Å²) in [4.78, 5) is 14.1. The number of furan rings is 1. The van der Waals surface area contributed by atoms with Crippen molar-refractivity contribution in [1.29, 1.82) is 0 Å². The molecule has 0 amide bonds. The number of aryl methyl sites for hydroxylation is 2. The molecule has 0 aliphatic heterocycles. The molecule has 259 valence electrons. The molecule has 0 saturated heterocycles. The quantitative estimate of drug-likeness (QED) is 0.166. The number of fused-ring (bicyclic) bond motifs is 4. The zero-order valence-electron chi connectivity index (χ0n) is 30.3. The predicted octanol–water partition coefficient (Wildman–Crippen LogP) is 12.5. The van der Waals surface area contributed by atoms with Gasteiger partial charge in [0.15, 0.2) is 0 Å². The Morgan fingerprint density at radius 2 is 1.47 bits per heavy atom. The molecule has 8 rings (SSSR count). The summed E-state index contributed by atoms with van der Waals surface area (Å²) in [5.74, 6) is 0. The second-order valence-electron chi connectivity index (χ2n) is 14.9. The Bertz CT molecular complexity index is 2410. The van der Waals surface area contributed by atoms with Gasteiger partial charge in [0.25, 0.3) is 0 Å². The number of hydrogen-bond acceptors (Lipinski definition) is 5. The fraction of sp³-hybridized carbons (Fsp3) is 0.222. The van der Waals surface area contributed by atoms with Crippen molar-refractivity contribution in [3.8, 4) is 33.6 Å². The summed E-state index contributed by atoms with van der Waals surface area (Å²) in [5, 5.41) is 3.32. The summed E-state index contributed by atoms with van der Waals surface area (Å²) in [6.07, 6.45) is 3.83. The minimum atomic E-state index is -0.0463. The van der Waals surface area contributed by atoms with Crippen molar-refractivity contribution in [3.05, 3.63) is 137 Å². The Hall–Kier alpha value is -4.48. The number of thiazole rings is 1. The van der Waals surface area contributed by atoms with Gasteiger partial charge in [0.05, 0.1) is 20.8 Å². The Labute approximate surface area is 318 Å². The van der Waals surface area contributed by atoms with Crippen molar-refractivity contribution >= 4 is 43.5 Å². The smallest absolute Gasteiger partial charge is 0.123 e. The molecular formula is C45H41IrN3OS-2. The first-order valence-electron chi connectivity index (χ1n) is 17.0. The molecule has 6 heteroatoms. The molecule has 51 heavy (non-hydrogen) atoms. The van der Waals surface area contributed by atoms with E-state index >= 15 is 0 Å². The second-order valence-corrected chi connectivity index (χ2v) is 15.9. The summed E-state index contributed by atoms with van der Waals surface area (Å²) in [7, 11) is 0. The van der Waals surface area contributed by atoms with Crippen LogP contribution in [0.5, 0.6) is 0 Å². The van der Waals surface area contributed by atoms with Gasteiger partial charge < -0.3 is 14.4 Å². The molecule has 8 aromatic rings. The number of pyridine rings is 2. The molecule has 0 spiro atoms. The molecular weight excluding hydrogens is 823 g/mol. The molecule has 0 saturated carbocycles. The molecule has 0 unspecified atom stereocenters. The van der Waals surface area contributed by atoms with Crippen molar-refractivity contribution < 1.29 is 24.5 Å². The predicted molar refractivity (Wildman–Crippen MR) is 210 cm³/mol. The van der Waals surface area contributed by atoms with Gasteiger partial charge >= 0.3 is 0 Å². The van der Waals surface area contributed by atoms with Crippen LogP contribution in [0.2, 0.25) is 0 Å². The van der Waals surface area contributed by atoms with Crippen LogP contribution in [0.4, 0.5) is 0 Å². The van der Waals surface area contributed by atoms with Gasteiger partial charge in [-0.1, -0.05) is 88.9 Å². The topological polar surface area (TPSA) is 51.8 Å². The molecule has 0 fully saturated rings. The zero-order valence-corrected chi connectivity index (χ0v) is 33.5. The monoisotopic (exact) mass is 864 g/mol. The van der Waals surface area contributed by atoms with Crippen molar-refractivity contribution in [2.24, 2.45) is 0 Å². The third-order valence-corrected chi connectivity index (χ3v) is 10.4. The van der Waals surface area contributed by atoms with Crippen LogP contribution in [0.25, 0.3) is 65.8 Å². The van der Waals surface area contributed by atoms with E-state index in [0.717, 1.165) is 55.0 Å². The molecule has 0 aliphatic rings. The van der Waals surface area contributed by atoms with Gasteiger partial charge in [-0.05, 0) is 70.6 Å². The minimum Gasteiger partial charge on any atom is -0.501 e. The summed E-state index contributed by atoms with van der Waals surface area (Å²) < 4.78 is 7.71. The molecule has 4 heterocycles. The van der Waals surface area contributed by atoms with E-state index in [0.29, 0.717) is 0 Å². The van der Waals surface area contributed by atoms with E-state index in [-0.39, 0.29) is 30.9 Å². The average Bonchev–Trinajstić information content (AvgIpc) is 3.69. The molecule has 4 aromatic carbocycles.